The van der Waals surface area contributed by atoms with E-state index in [1.54, 1.807) is 37.3 Å². The van der Waals surface area contributed by atoms with Crippen molar-refractivity contribution >= 4 is 17.7 Å². The number of esters is 2. The van der Waals surface area contributed by atoms with Gasteiger partial charge in [-0.3, -0.25) is 14.5 Å². The Morgan fingerprint density at radius 3 is 2.42 bits per heavy atom. The molecule has 0 saturated carbocycles. The molecule has 270 valence electrons. The van der Waals surface area contributed by atoms with E-state index in [1.807, 2.05) is 39.9 Å². The van der Waals surface area contributed by atoms with Crippen LogP contribution in [0.5, 0.6) is 0 Å². The molecule has 3 aliphatic rings. The number of nitrogens with zero attached hydrogens (tertiary/aromatic N) is 2. The second-order valence-electron chi connectivity index (χ2n) is 14.9. The summed E-state index contributed by atoms with van der Waals surface area (Å²) < 4.78 is 47.7. The highest BCUT2D eigenvalue weighted by Gasteiger charge is 2.54. The standard InChI is InChI=1S/C36H56FN3O8/c1-22-18-36(5,44-9)31(28(37)30(41)35(3,4)34(43)45-21-27(40(8)20-22)25-15-16-38-19-25)48-33-29(26(39(6)7)17-23(2)46-33)47-32(42)24-13-11-10-12-14-24/h10-14,22-23,25-29,31,33,38H,15-21H2,1-9H3/t22-,23-,25+,26+,27+,28+,29-,31-,33+,36-/m1/s1. The molecular formula is C36H56FN3O8. The Labute approximate surface area is 285 Å². The maximum Gasteiger partial charge on any atom is 0.338 e. The average Bonchev–Trinajstić information content (AvgIpc) is 3.58. The van der Waals surface area contributed by atoms with Gasteiger partial charge in [-0.15, -0.1) is 0 Å². The van der Waals surface area contributed by atoms with Crippen molar-refractivity contribution in [2.75, 3.05) is 54.5 Å². The molecule has 3 saturated heterocycles. The zero-order chi connectivity index (χ0) is 35.4. The Morgan fingerprint density at radius 2 is 1.81 bits per heavy atom. The van der Waals surface area contributed by atoms with Crippen LogP contribution in [-0.4, -0.2) is 130 Å². The number of Topliss-reactive ketones (excluding diaryl/α,β-unsaturated/α-hetero) is 1. The van der Waals surface area contributed by atoms with Crippen molar-refractivity contribution in [1.82, 2.24) is 15.1 Å². The van der Waals surface area contributed by atoms with Crippen LogP contribution in [-0.2, 0) is 33.3 Å². The van der Waals surface area contributed by atoms with Crippen molar-refractivity contribution in [1.29, 1.82) is 0 Å². The van der Waals surface area contributed by atoms with E-state index in [1.165, 1.54) is 21.0 Å². The summed E-state index contributed by atoms with van der Waals surface area (Å²) in [6, 6.07) is 8.15. The molecule has 0 aliphatic carbocycles. The topological polar surface area (TPSA) is 116 Å². The predicted molar refractivity (Wildman–Crippen MR) is 178 cm³/mol. The third-order valence-corrected chi connectivity index (χ3v) is 10.4. The maximum atomic E-state index is 17.0. The number of benzene rings is 1. The third kappa shape index (κ3) is 8.62. The number of halogens is 1. The molecule has 0 radical (unpaired) electrons. The van der Waals surface area contributed by atoms with Gasteiger partial charge in [0, 0.05) is 19.7 Å². The first-order valence-electron chi connectivity index (χ1n) is 17.1. The van der Waals surface area contributed by atoms with Crippen molar-refractivity contribution in [3.63, 3.8) is 0 Å². The molecule has 1 aromatic rings. The van der Waals surface area contributed by atoms with Crippen LogP contribution in [0.1, 0.15) is 64.2 Å². The molecule has 1 aromatic carbocycles. The fraction of sp³-hybridized carbons (Fsp3) is 0.750. The first-order valence-corrected chi connectivity index (χ1v) is 17.1. The molecule has 48 heavy (non-hydrogen) atoms. The highest BCUT2D eigenvalue weighted by atomic mass is 19.1. The second-order valence-corrected chi connectivity index (χ2v) is 14.9. The molecule has 10 atom stereocenters. The summed E-state index contributed by atoms with van der Waals surface area (Å²) >= 11 is 0. The number of methoxy groups -OCH3 is 1. The van der Waals surface area contributed by atoms with Gasteiger partial charge in [-0.05, 0) is 105 Å². The van der Waals surface area contributed by atoms with Crippen molar-refractivity contribution in [3.8, 4) is 0 Å². The molecule has 0 aromatic heterocycles. The molecule has 0 unspecified atom stereocenters. The number of nitrogens with one attached hydrogen (secondary N) is 1. The van der Waals surface area contributed by atoms with Gasteiger partial charge in [-0.25, -0.2) is 9.18 Å². The van der Waals surface area contributed by atoms with E-state index >= 15 is 4.39 Å². The molecule has 3 heterocycles. The van der Waals surface area contributed by atoms with Crippen LogP contribution in [0.15, 0.2) is 30.3 Å². The Kier molecular flexibility index (Phi) is 12.8. The van der Waals surface area contributed by atoms with Crippen molar-refractivity contribution < 1.29 is 42.5 Å². The van der Waals surface area contributed by atoms with Gasteiger partial charge in [-0.1, -0.05) is 25.1 Å². The van der Waals surface area contributed by atoms with Crippen LogP contribution in [0, 0.1) is 17.3 Å². The molecule has 0 amide bonds. The first kappa shape index (κ1) is 38.3. The SMILES string of the molecule is CO[C@]1(C)C[C@@H](C)CN(C)[C@H]([C@H]2CCNC2)COC(=O)C(C)(C)C(=O)[C@H](F)[C@H]1O[C@@H]1O[C@H](C)C[C@H](N(C)C)[C@H]1OC(=O)c1ccccc1. The number of rotatable bonds is 7. The molecule has 0 spiro atoms. The maximum absolute atomic E-state index is 17.0. The van der Waals surface area contributed by atoms with E-state index in [0.29, 0.717) is 24.9 Å². The number of carbonyl (C=O) groups excluding carboxylic acids is 3. The van der Waals surface area contributed by atoms with E-state index < -0.39 is 53.4 Å². The molecule has 11 nitrogen and oxygen atoms in total. The van der Waals surface area contributed by atoms with E-state index in [4.69, 9.17) is 23.7 Å². The number of hydrogen-bond donors (Lipinski definition) is 1. The molecule has 0 bridgehead atoms. The number of ether oxygens (including phenoxy) is 5. The van der Waals surface area contributed by atoms with Crippen LogP contribution in [0.2, 0.25) is 0 Å². The van der Waals surface area contributed by atoms with Gasteiger partial charge in [0.05, 0.1) is 23.3 Å². The van der Waals surface area contributed by atoms with Gasteiger partial charge in [0.25, 0.3) is 0 Å². The van der Waals surface area contributed by atoms with Crippen molar-refractivity contribution in [2.45, 2.75) is 102 Å². The number of cyclic esters (lactones) is 1. The number of ketones is 1. The van der Waals surface area contributed by atoms with Gasteiger partial charge >= 0.3 is 11.9 Å². The lowest BCUT2D eigenvalue weighted by atomic mass is 9.78. The van der Waals surface area contributed by atoms with E-state index in [-0.39, 0.29) is 36.6 Å². The summed E-state index contributed by atoms with van der Waals surface area (Å²) in [5.41, 5.74) is -2.82. The Hall–Kier alpha value is -2.48. The first-order chi connectivity index (χ1) is 22.6. The third-order valence-electron chi connectivity index (χ3n) is 10.4. The quantitative estimate of drug-likeness (QED) is 0.338. The van der Waals surface area contributed by atoms with Gasteiger partial charge in [-0.2, -0.15) is 0 Å². The fourth-order valence-corrected chi connectivity index (χ4v) is 7.45. The monoisotopic (exact) mass is 677 g/mol. The largest absolute Gasteiger partial charge is 0.463 e. The number of carbonyl (C=O) groups is 3. The summed E-state index contributed by atoms with van der Waals surface area (Å²) in [4.78, 5) is 45.0. The van der Waals surface area contributed by atoms with Crippen LogP contribution < -0.4 is 5.32 Å². The van der Waals surface area contributed by atoms with Crippen LogP contribution in [0.3, 0.4) is 0 Å². The lowest BCUT2D eigenvalue weighted by Gasteiger charge is -2.47. The molecular weight excluding hydrogens is 621 g/mol. The fourth-order valence-electron chi connectivity index (χ4n) is 7.45. The summed E-state index contributed by atoms with van der Waals surface area (Å²) in [6.07, 6.45) is -4.61. The minimum absolute atomic E-state index is 0.0397. The van der Waals surface area contributed by atoms with E-state index in [0.717, 1.165) is 19.5 Å². The lowest BCUT2D eigenvalue weighted by molar-refractivity contribution is -0.296. The Morgan fingerprint density at radius 1 is 1.12 bits per heavy atom. The average molecular weight is 678 g/mol. The molecule has 3 fully saturated rings. The Bertz CT molecular complexity index is 1240. The minimum Gasteiger partial charge on any atom is -0.463 e. The minimum atomic E-state index is -2.30. The van der Waals surface area contributed by atoms with Gasteiger partial charge in [0.2, 0.25) is 0 Å². The normalized spacial score (nSPS) is 37.3. The number of likely N-dealkylation sites (N-methyl/N-ethyl adjacent to an activating group) is 2. The zero-order valence-electron chi connectivity index (χ0n) is 30.1. The second kappa shape index (κ2) is 16.0. The van der Waals surface area contributed by atoms with E-state index in [2.05, 4.69) is 10.2 Å². The highest BCUT2D eigenvalue weighted by molar-refractivity contribution is 6.05. The summed E-state index contributed by atoms with van der Waals surface area (Å²) in [6.45, 7) is 10.8. The van der Waals surface area contributed by atoms with Gasteiger partial charge < -0.3 is 33.9 Å². The Balaban J connectivity index is 1.72. The smallest absolute Gasteiger partial charge is 0.338 e. The van der Waals surface area contributed by atoms with E-state index in [9.17, 15) is 14.4 Å². The number of alkyl halides is 1. The molecule has 3 aliphatic heterocycles. The van der Waals surface area contributed by atoms with Crippen LogP contribution in [0.4, 0.5) is 4.39 Å². The highest BCUT2D eigenvalue weighted by Crippen LogP contribution is 2.38. The van der Waals surface area contributed by atoms with Gasteiger partial charge in [0.15, 0.2) is 24.3 Å². The molecule has 12 heteroatoms. The zero-order valence-corrected chi connectivity index (χ0v) is 30.1. The molecule has 1 N–H and O–H groups in total. The number of hydrogen-bond acceptors (Lipinski definition) is 11. The summed E-state index contributed by atoms with van der Waals surface area (Å²) in [5, 5.41) is 3.39. The summed E-state index contributed by atoms with van der Waals surface area (Å²) in [7, 11) is 7.20. The molecule has 4 rings (SSSR count). The van der Waals surface area contributed by atoms with Gasteiger partial charge in [0.1, 0.15) is 18.1 Å². The van der Waals surface area contributed by atoms with Crippen molar-refractivity contribution in [2.24, 2.45) is 17.3 Å². The summed E-state index contributed by atoms with van der Waals surface area (Å²) in [5.74, 6) is -2.14. The van der Waals surface area contributed by atoms with Crippen molar-refractivity contribution in [3.05, 3.63) is 35.9 Å². The van der Waals surface area contributed by atoms with Crippen LogP contribution >= 0.6 is 0 Å². The predicted octanol–water partition coefficient (Wildman–Crippen LogP) is 3.49. The lowest BCUT2D eigenvalue weighted by Crippen LogP contribution is -2.61. The van der Waals surface area contributed by atoms with Crippen LogP contribution in [0.25, 0.3) is 0 Å².